The number of anilines is 2. The average Bonchev–Trinajstić information content (AvgIpc) is 2.63. The number of aromatic nitrogens is 2. The summed E-state index contributed by atoms with van der Waals surface area (Å²) in [6.07, 6.45) is 0. The van der Waals surface area contributed by atoms with Crippen LogP contribution in [0, 0.1) is 6.92 Å². The quantitative estimate of drug-likeness (QED) is 0.606. The maximum atomic E-state index is 11.9. The maximum Gasteiger partial charge on any atom is 0.251 e. The lowest BCUT2D eigenvalue weighted by Gasteiger charge is -2.14. The Balaban J connectivity index is 1.70. The number of rotatable bonds is 8. The van der Waals surface area contributed by atoms with Crippen LogP contribution in [0.3, 0.4) is 0 Å². The number of aryl methyl sites for hydroxylation is 1. The van der Waals surface area contributed by atoms with Crippen LogP contribution in [0.4, 0.5) is 11.6 Å². The highest BCUT2D eigenvalue weighted by Crippen LogP contribution is 2.12. The van der Waals surface area contributed by atoms with Crippen LogP contribution in [0.2, 0.25) is 0 Å². The molecule has 1 aromatic heterocycles. The fraction of sp³-hybridized carbons (Fsp3) is 0.333. The van der Waals surface area contributed by atoms with Crippen molar-refractivity contribution in [1.82, 2.24) is 20.6 Å². The Hall–Kier alpha value is -3.16. The van der Waals surface area contributed by atoms with E-state index in [4.69, 9.17) is 0 Å². The summed E-state index contributed by atoms with van der Waals surface area (Å²) in [6, 6.07) is 10.6. The van der Waals surface area contributed by atoms with E-state index in [-0.39, 0.29) is 18.4 Å². The number of hydrogen-bond donors (Lipinski definition) is 3. The molecule has 8 nitrogen and oxygen atoms in total. The lowest BCUT2D eigenvalue weighted by atomic mass is 10.2. The molecule has 0 aliphatic carbocycles. The van der Waals surface area contributed by atoms with E-state index in [2.05, 4.69) is 25.9 Å². The van der Waals surface area contributed by atoms with E-state index in [0.717, 1.165) is 5.82 Å². The van der Waals surface area contributed by atoms with Crippen LogP contribution in [0.25, 0.3) is 0 Å². The molecule has 2 aromatic rings. The molecule has 0 spiro atoms. The second-order valence-electron chi connectivity index (χ2n) is 5.88. The van der Waals surface area contributed by atoms with Crippen LogP contribution in [0.15, 0.2) is 36.4 Å². The zero-order chi connectivity index (χ0) is 18.9. The molecule has 1 heterocycles. The first-order valence-electron chi connectivity index (χ1n) is 8.32. The predicted molar refractivity (Wildman–Crippen MR) is 101 cm³/mol. The first-order chi connectivity index (χ1) is 12.5. The Morgan fingerprint density at radius 3 is 2.46 bits per heavy atom. The van der Waals surface area contributed by atoms with E-state index in [0.29, 0.717) is 30.3 Å². The number of hydrogen-bond acceptors (Lipinski definition) is 6. The summed E-state index contributed by atoms with van der Waals surface area (Å²) in [4.78, 5) is 34.2. The van der Waals surface area contributed by atoms with E-state index in [1.807, 2.05) is 38.1 Å². The van der Waals surface area contributed by atoms with E-state index < -0.39 is 0 Å². The molecule has 1 aromatic carbocycles. The zero-order valence-corrected chi connectivity index (χ0v) is 15.2. The van der Waals surface area contributed by atoms with Crippen molar-refractivity contribution < 1.29 is 9.59 Å². The Morgan fingerprint density at radius 1 is 1.04 bits per heavy atom. The van der Waals surface area contributed by atoms with Gasteiger partial charge in [-0.2, -0.15) is 0 Å². The lowest BCUT2D eigenvalue weighted by molar-refractivity contribution is -0.120. The molecular weight excluding hydrogens is 332 g/mol. The predicted octanol–water partition coefficient (Wildman–Crippen LogP) is 0.809. The van der Waals surface area contributed by atoms with Gasteiger partial charge in [-0.25, -0.2) is 9.97 Å². The van der Waals surface area contributed by atoms with Gasteiger partial charge in [-0.15, -0.1) is 0 Å². The first kappa shape index (κ1) is 19.2. The number of carbonyl (C=O) groups excluding carboxylic acids is 2. The lowest BCUT2D eigenvalue weighted by Crippen LogP contribution is -2.38. The van der Waals surface area contributed by atoms with Crippen molar-refractivity contribution in [3.05, 3.63) is 47.8 Å². The molecule has 0 saturated heterocycles. The molecule has 0 bridgehead atoms. The van der Waals surface area contributed by atoms with Crippen LogP contribution in [-0.2, 0) is 4.79 Å². The number of amides is 2. The molecular formula is C18H24N6O2. The highest BCUT2D eigenvalue weighted by atomic mass is 16.2. The summed E-state index contributed by atoms with van der Waals surface area (Å²) in [5.74, 6) is 1.67. The first-order valence-corrected chi connectivity index (χ1v) is 8.32. The third kappa shape index (κ3) is 6.04. The van der Waals surface area contributed by atoms with Crippen molar-refractivity contribution in [1.29, 1.82) is 0 Å². The number of carbonyl (C=O) groups is 2. The number of benzene rings is 1. The van der Waals surface area contributed by atoms with Gasteiger partial charge < -0.3 is 20.9 Å². The topological polar surface area (TPSA) is 99.2 Å². The van der Waals surface area contributed by atoms with Gasteiger partial charge in [0.1, 0.15) is 17.5 Å². The Morgan fingerprint density at radius 2 is 1.77 bits per heavy atom. The number of nitrogens with one attached hydrogen (secondary N) is 3. The molecule has 0 radical (unpaired) electrons. The van der Waals surface area contributed by atoms with Crippen molar-refractivity contribution in [2.24, 2.45) is 0 Å². The second kappa shape index (κ2) is 9.36. The van der Waals surface area contributed by atoms with Crippen molar-refractivity contribution >= 4 is 23.5 Å². The fourth-order valence-electron chi connectivity index (χ4n) is 2.18. The minimum atomic E-state index is -0.272. The minimum Gasteiger partial charge on any atom is -0.368 e. The Bertz CT molecular complexity index is 749. The Kier molecular flexibility index (Phi) is 6.90. The van der Waals surface area contributed by atoms with Gasteiger partial charge in [0.15, 0.2) is 0 Å². The van der Waals surface area contributed by atoms with Gasteiger partial charge in [0, 0.05) is 38.8 Å². The molecule has 26 heavy (non-hydrogen) atoms. The zero-order valence-electron chi connectivity index (χ0n) is 15.2. The molecule has 138 valence electrons. The van der Waals surface area contributed by atoms with Crippen molar-refractivity contribution in [2.75, 3.05) is 43.9 Å². The highest BCUT2D eigenvalue weighted by molar-refractivity contribution is 5.96. The largest absolute Gasteiger partial charge is 0.368 e. The minimum absolute atomic E-state index is 0.0644. The summed E-state index contributed by atoms with van der Waals surface area (Å²) in [7, 11) is 3.82. The van der Waals surface area contributed by atoms with Crippen LogP contribution < -0.4 is 20.9 Å². The molecule has 2 rings (SSSR count). The third-order valence-electron chi connectivity index (χ3n) is 3.48. The van der Waals surface area contributed by atoms with Crippen LogP contribution in [0.5, 0.6) is 0 Å². The van der Waals surface area contributed by atoms with Gasteiger partial charge in [-0.05, 0) is 19.1 Å². The van der Waals surface area contributed by atoms with Crippen LogP contribution >= 0.6 is 0 Å². The van der Waals surface area contributed by atoms with Gasteiger partial charge in [0.2, 0.25) is 5.91 Å². The smallest absolute Gasteiger partial charge is 0.251 e. The molecule has 0 atom stereocenters. The van der Waals surface area contributed by atoms with Gasteiger partial charge in [0.05, 0.1) is 6.54 Å². The van der Waals surface area contributed by atoms with Crippen LogP contribution in [-0.4, -0.2) is 55.5 Å². The number of nitrogens with zero attached hydrogens (tertiary/aromatic N) is 3. The molecule has 3 N–H and O–H groups in total. The summed E-state index contributed by atoms with van der Waals surface area (Å²) in [5, 5.41) is 8.48. The van der Waals surface area contributed by atoms with Gasteiger partial charge >= 0.3 is 0 Å². The van der Waals surface area contributed by atoms with Gasteiger partial charge in [0.25, 0.3) is 5.91 Å². The molecule has 8 heteroatoms. The van der Waals surface area contributed by atoms with E-state index in [1.165, 1.54) is 0 Å². The molecule has 0 saturated carbocycles. The average molecular weight is 356 g/mol. The Labute approximate surface area is 153 Å². The summed E-state index contributed by atoms with van der Waals surface area (Å²) >= 11 is 0. The van der Waals surface area contributed by atoms with Gasteiger partial charge in [-0.1, -0.05) is 18.2 Å². The second-order valence-corrected chi connectivity index (χ2v) is 5.88. The molecule has 2 amide bonds. The highest BCUT2D eigenvalue weighted by Gasteiger charge is 2.07. The van der Waals surface area contributed by atoms with E-state index in [1.54, 1.807) is 24.3 Å². The van der Waals surface area contributed by atoms with Gasteiger partial charge in [-0.3, -0.25) is 9.59 Å². The fourth-order valence-corrected chi connectivity index (χ4v) is 2.18. The molecule has 0 aliphatic rings. The van der Waals surface area contributed by atoms with Crippen molar-refractivity contribution in [3.8, 4) is 0 Å². The molecule has 0 aliphatic heterocycles. The van der Waals surface area contributed by atoms with E-state index >= 15 is 0 Å². The monoisotopic (exact) mass is 356 g/mol. The summed E-state index contributed by atoms with van der Waals surface area (Å²) < 4.78 is 0. The molecule has 0 unspecified atom stereocenters. The summed E-state index contributed by atoms with van der Waals surface area (Å²) in [6.45, 7) is 2.70. The van der Waals surface area contributed by atoms with E-state index in [9.17, 15) is 9.59 Å². The molecule has 0 fully saturated rings. The summed E-state index contributed by atoms with van der Waals surface area (Å²) in [5.41, 5.74) is 0.526. The standard InChI is InChI=1S/C18H24N6O2/c1-13-22-15(11-16(23-13)24(2)3)19-9-10-20-17(25)12-21-18(26)14-7-5-4-6-8-14/h4-8,11H,9-10,12H2,1-3H3,(H,20,25)(H,21,26)(H,19,22,23). The normalized spacial score (nSPS) is 10.1. The SMILES string of the molecule is Cc1nc(NCCNC(=O)CNC(=O)c2ccccc2)cc(N(C)C)n1. The third-order valence-corrected chi connectivity index (χ3v) is 3.48. The van der Waals surface area contributed by atoms with Crippen molar-refractivity contribution in [2.45, 2.75) is 6.92 Å². The van der Waals surface area contributed by atoms with Crippen LogP contribution in [0.1, 0.15) is 16.2 Å². The maximum absolute atomic E-state index is 11.9. The van der Waals surface area contributed by atoms with Crippen molar-refractivity contribution in [3.63, 3.8) is 0 Å².